The molecule has 5 heteroatoms. The van der Waals surface area contributed by atoms with Gasteiger partial charge in [0, 0.05) is 0 Å². The van der Waals surface area contributed by atoms with Crippen LogP contribution >= 0.6 is 0 Å². The predicted octanol–water partition coefficient (Wildman–Crippen LogP) is 2.19. The molecule has 0 atom stereocenters. The van der Waals surface area contributed by atoms with Crippen molar-refractivity contribution in [3.8, 4) is 0 Å². The van der Waals surface area contributed by atoms with E-state index in [0.717, 1.165) is 16.3 Å². The highest BCUT2D eigenvalue weighted by atomic mass is 32.2. The summed E-state index contributed by atoms with van der Waals surface area (Å²) in [5.41, 5.74) is 3.54. The summed E-state index contributed by atoms with van der Waals surface area (Å²) in [5, 5.41) is 0.737. The molecule has 0 bridgehead atoms. The minimum atomic E-state index is -4.18. The van der Waals surface area contributed by atoms with E-state index in [-0.39, 0.29) is 4.90 Å². The molecule has 0 unspecified atom stereocenters. The molecule has 0 amide bonds. The van der Waals surface area contributed by atoms with Crippen molar-refractivity contribution in [3.63, 3.8) is 0 Å². The summed E-state index contributed by atoms with van der Waals surface area (Å²) in [5.74, 6) is 0. The summed E-state index contributed by atoms with van der Waals surface area (Å²) in [7, 11) is -6.24. The fraction of sp³-hybridized carbons (Fsp3) is 0.333. The van der Waals surface area contributed by atoms with E-state index in [1.165, 1.54) is 6.07 Å². The summed E-state index contributed by atoms with van der Waals surface area (Å²) in [4.78, 5) is 0.0339. The van der Waals surface area contributed by atoms with Crippen LogP contribution in [0.25, 0.3) is 0 Å². The van der Waals surface area contributed by atoms with E-state index in [1.54, 1.807) is 0 Å². The van der Waals surface area contributed by atoms with Gasteiger partial charge in [-0.05, 0) is 36.2 Å². The van der Waals surface area contributed by atoms with Gasteiger partial charge in [0.15, 0.2) is 0 Å². The SMILES string of the molecule is C=C[Si](C)(C)c1c(C)cc(C)cc1S(=O)(=O)O. The fourth-order valence-corrected chi connectivity index (χ4v) is 5.99. The molecule has 0 aliphatic heterocycles. The number of benzene rings is 1. The molecule has 0 aromatic heterocycles. The molecule has 1 N–H and O–H groups in total. The van der Waals surface area contributed by atoms with Gasteiger partial charge < -0.3 is 0 Å². The largest absolute Gasteiger partial charge is 0.294 e. The van der Waals surface area contributed by atoms with Crippen LogP contribution in [0.5, 0.6) is 0 Å². The van der Waals surface area contributed by atoms with E-state index in [1.807, 2.05) is 38.7 Å². The Balaban J connectivity index is 3.76. The molecule has 0 saturated heterocycles. The summed E-state index contributed by atoms with van der Waals surface area (Å²) in [6, 6.07) is 3.46. The van der Waals surface area contributed by atoms with Crippen LogP contribution in [0, 0.1) is 13.8 Å². The Labute approximate surface area is 104 Å². The topological polar surface area (TPSA) is 54.4 Å². The lowest BCUT2D eigenvalue weighted by Crippen LogP contribution is -2.44. The molecule has 1 rings (SSSR count). The molecule has 0 aliphatic rings. The average molecular weight is 270 g/mol. The van der Waals surface area contributed by atoms with Gasteiger partial charge in [0.2, 0.25) is 0 Å². The van der Waals surface area contributed by atoms with Crippen molar-refractivity contribution in [2.45, 2.75) is 31.8 Å². The van der Waals surface area contributed by atoms with Crippen molar-refractivity contribution in [1.29, 1.82) is 0 Å². The Morgan fingerprint density at radius 1 is 1.29 bits per heavy atom. The second kappa shape index (κ2) is 4.40. The van der Waals surface area contributed by atoms with E-state index < -0.39 is 18.2 Å². The van der Waals surface area contributed by atoms with Gasteiger partial charge in [-0.2, -0.15) is 8.42 Å². The standard InChI is InChI=1S/C12H18O3SSi/c1-6-17(4,5)12-10(3)7-9(2)8-11(12)16(13,14)15/h6-8H,1H2,2-5H3,(H,13,14,15). The number of hydrogen-bond donors (Lipinski definition) is 1. The van der Waals surface area contributed by atoms with Crippen molar-refractivity contribution >= 4 is 23.4 Å². The van der Waals surface area contributed by atoms with Crippen molar-refractivity contribution < 1.29 is 13.0 Å². The zero-order chi connectivity index (χ0) is 13.4. The summed E-state index contributed by atoms with van der Waals surface area (Å²) in [6.07, 6.45) is 0. The quantitative estimate of drug-likeness (QED) is 0.676. The van der Waals surface area contributed by atoms with Crippen LogP contribution in [0.1, 0.15) is 11.1 Å². The van der Waals surface area contributed by atoms with E-state index in [0.29, 0.717) is 0 Å². The molecule has 94 valence electrons. The molecule has 0 fully saturated rings. The van der Waals surface area contributed by atoms with E-state index in [2.05, 4.69) is 6.58 Å². The zero-order valence-electron chi connectivity index (χ0n) is 10.6. The molecular formula is C12H18O3SSi. The Hall–Kier alpha value is -0.913. The second-order valence-corrected chi connectivity index (χ2v) is 10.6. The predicted molar refractivity (Wildman–Crippen MR) is 73.0 cm³/mol. The van der Waals surface area contributed by atoms with Gasteiger partial charge in [0.25, 0.3) is 10.1 Å². The lowest BCUT2D eigenvalue weighted by molar-refractivity contribution is 0.483. The monoisotopic (exact) mass is 270 g/mol. The van der Waals surface area contributed by atoms with Gasteiger partial charge in [0.05, 0.1) is 4.90 Å². The first-order valence-corrected chi connectivity index (χ1v) is 9.84. The van der Waals surface area contributed by atoms with Crippen LogP contribution in [-0.4, -0.2) is 21.0 Å². The van der Waals surface area contributed by atoms with Crippen LogP contribution in [-0.2, 0) is 10.1 Å². The Bertz CT molecular complexity index is 559. The molecule has 0 heterocycles. The van der Waals surface area contributed by atoms with Gasteiger partial charge >= 0.3 is 0 Å². The highest BCUT2D eigenvalue weighted by Crippen LogP contribution is 2.18. The number of rotatable bonds is 3. The van der Waals surface area contributed by atoms with Gasteiger partial charge in [-0.1, -0.05) is 24.9 Å². The fourth-order valence-electron chi connectivity index (χ4n) is 2.06. The molecule has 0 aliphatic carbocycles. The highest BCUT2D eigenvalue weighted by molar-refractivity contribution is 7.86. The first-order valence-electron chi connectivity index (χ1n) is 5.32. The number of hydrogen-bond acceptors (Lipinski definition) is 2. The lowest BCUT2D eigenvalue weighted by atomic mass is 10.2. The van der Waals surface area contributed by atoms with Gasteiger partial charge in [-0.25, -0.2) is 0 Å². The van der Waals surface area contributed by atoms with E-state index in [9.17, 15) is 13.0 Å². The van der Waals surface area contributed by atoms with Gasteiger partial charge in [-0.15, -0.1) is 6.58 Å². The highest BCUT2D eigenvalue weighted by Gasteiger charge is 2.29. The third-order valence-electron chi connectivity index (χ3n) is 2.88. The summed E-state index contributed by atoms with van der Waals surface area (Å²) in [6.45, 7) is 11.5. The van der Waals surface area contributed by atoms with Crippen LogP contribution in [0.15, 0.2) is 29.3 Å². The van der Waals surface area contributed by atoms with Crippen LogP contribution in [0.2, 0.25) is 13.1 Å². The Morgan fingerprint density at radius 2 is 1.82 bits per heavy atom. The third kappa shape index (κ3) is 2.85. The molecule has 3 nitrogen and oxygen atoms in total. The Morgan fingerprint density at radius 3 is 2.24 bits per heavy atom. The molecule has 1 aromatic rings. The van der Waals surface area contributed by atoms with E-state index >= 15 is 0 Å². The third-order valence-corrected chi connectivity index (χ3v) is 6.91. The smallest absolute Gasteiger partial charge is 0.282 e. The minimum Gasteiger partial charge on any atom is -0.282 e. The van der Waals surface area contributed by atoms with Gasteiger partial charge in [0.1, 0.15) is 8.07 Å². The minimum absolute atomic E-state index is 0.0339. The molecule has 0 spiro atoms. The molecule has 0 saturated carbocycles. The molecule has 17 heavy (non-hydrogen) atoms. The second-order valence-electron chi connectivity index (χ2n) is 4.86. The average Bonchev–Trinajstić information content (AvgIpc) is 2.14. The van der Waals surface area contributed by atoms with Crippen LogP contribution < -0.4 is 5.19 Å². The lowest BCUT2D eigenvalue weighted by Gasteiger charge is -2.23. The van der Waals surface area contributed by atoms with Crippen LogP contribution in [0.4, 0.5) is 0 Å². The molecular weight excluding hydrogens is 252 g/mol. The first-order chi connectivity index (χ1) is 7.59. The maximum absolute atomic E-state index is 11.5. The van der Waals surface area contributed by atoms with Crippen molar-refractivity contribution in [1.82, 2.24) is 0 Å². The van der Waals surface area contributed by atoms with Crippen LogP contribution in [0.3, 0.4) is 0 Å². The molecule has 1 aromatic carbocycles. The van der Waals surface area contributed by atoms with Crippen molar-refractivity contribution in [2.24, 2.45) is 0 Å². The van der Waals surface area contributed by atoms with E-state index in [4.69, 9.17) is 0 Å². The Kier molecular flexibility index (Phi) is 3.66. The maximum Gasteiger partial charge on any atom is 0.294 e. The van der Waals surface area contributed by atoms with Crippen molar-refractivity contribution in [3.05, 3.63) is 35.5 Å². The zero-order valence-corrected chi connectivity index (χ0v) is 12.4. The van der Waals surface area contributed by atoms with Gasteiger partial charge in [-0.3, -0.25) is 4.55 Å². The summed E-state index contributed by atoms with van der Waals surface area (Å²) >= 11 is 0. The molecule has 0 radical (unpaired) electrons. The maximum atomic E-state index is 11.5. The first kappa shape index (κ1) is 14.1. The normalized spacial score (nSPS) is 12.5. The summed E-state index contributed by atoms with van der Waals surface area (Å²) < 4.78 is 32.3. The number of aryl methyl sites for hydroxylation is 2. The van der Waals surface area contributed by atoms with Crippen molar-refractivity contribution in [2.75, 3.05) is 0 Å².